The van der Waals surface area contributed by atoms with E-state index in [9.17, 15) is 9.59 Å². The predicted octanol–water partition coefficient (Wildman–Crippen LogP) is 1.58. The molecule has 1 aromatic rings. The van der Waals surface area contributed by atoms with Crippen LogP contribution >= 0.6 is 0 Å². The molecule has 2 aliphatic heterocycles. The molecular formula is C16H20N2O3. The summed E-state index contributed by atoms with van der Waals surface area (Å²) in [6.07, 6.45) is 0.952. The average molecular weight is 288 g/mol. The first kappa shape index (κ1) is 14.1. The second-order valence-electron chi connectivity index (χ2n) is 6.24. The summed E-state index contributed by atoms with van der Waals surface area (Å²) in [4.78, 5) is 26.9. The summed E-state index contributed by atoms with van der Waals surface area (Å²) in [6.45, 7) is 5.51. The van der Waals surface area contributed by atoms with E-state index in [2.05, 4.69) is 5.32 Å². The van der Waals surface area contributed by atoms with Gasteiger partial charge in [0, 0.05) is 19.1 Å². The van der Waals surface area contributed by atoms with Gasteiger partial charge in [0.15, 0.2) is 0 Å². The van der Waals surface area contributed by atoms with Gasteiger partial charge in [-0.2, -0.15) is 0 Å². The Morgan fingerprint density at radius 3 is 2.81 bits per heavy atom. The second kappa shape index (κ2) is 5.15. The summed E-state index contributed by atoms with van der Waals surface area (Å²) in [6, 6.07) is 7.27. The van der Waals surface area contributed by atoms with Crippen molar-refractivity contribution in [2.75, 3.05) is 24.7 Å². The monoisotopic (exact) mass is 288 g/mol. The predicted molar refractivity (Wildman–Crippen MR) is 79.3 cm³/mol. The quantitative estimate of drug-likeness (QED) is 0.899. The summed E-state index contributed by atoms with van der Waals surface area (Å²) in [7, 11) is 0. The fourth-order valence-electron chi connectivity index (χ4n) is 2.92. The Morgan fingerprint density at radius 1 is 1.33 bits per heavy atom. The highest BCUT2D eigenvalue weighted by molar-refractivity contribution is 6.12. The summed E-state index contributed by atoms with van der Waals surface area (Å²) in [5.74, 6) is 0.0489. The lowest BCUT2D eigenvalue weighted by Gasteiger charge is -2.31. The van der Waals surface area contributed by atoms with E-state index in [1.165, 1.54) is 0 Å². The number of amides is 2. The number of rotatable bonds is 2. The lowest BCUT2D eigenvalue weighted by molar-refractivity contribution is -0.123. The number of nitrogens with zero attached hydrogens (tertiary/aromatic N) is 1. The van der Waals surface area contributed by atoms with Crippen molar-refractivity contribution in [2.45, 2.75) is 25.8 Å². The summed E-state index contributed by atoms with van der Waals surface area (Å²) in [5, 5.41) is 2.82. The van der Waals surface area contributed by atoms with Gasteiger partial charge in [0.2, 0.25) is 0 Å². The van der Waals surface area contributed by atoms with Crippen molar-refractivity contribution < 1.29 is 14.3 Å². The minimum Gasteiger partial charge on any atom is -0.381 e. The van der Waals surface area contributed by atoms with Crippen molar-refractivity contribution in [2.24, 2.45) is 5.92 Å². The van der Waals surface area contributed by atoms with E-state index in [1.54, 1.807) is 24.8 Å². The van der Waals surface area contributed by atoms with Crippen molar-refractivity contribution in [3.63, 3.8) is 0 Å². The van der Waals surface area contributed by atoms with Crippen molar-refractivity contribution in [1.29, 1.82) is 0 Å². The maximum Gasteiger partial charge on any atom is 0.254 e. The molecule has 1 aromatic carbocycles. The highest BCUT2D eigenvalue weighted by atomic mass is 16.5. The number of fused-ring (bicyclic) bond motifs is 1. The number of ether oxygens (including phenoxy) is 1. The number of hydrogen-bond donors (Lipinski definition) is 1. The maximum absolute atomic E-state index is 12.8. The Balaban J connectivity index is 2.02. The zero-order valence-corrected chi connectivity index (χ0v) is 12.4. The molecule has 112 valence electrons. The van der Waals surface area contributed by atoms with Crippen LogP contribution in [0.1, 0.15) is 30.6 Å². The van der Waals surface area contributed by atoms with E-state index >= 15 is 0 Å². The highest BCUT2D eigenvalue weighted by Crippen LogP contribution is 2.29. The van der Waals surface area contributed by atoms with Crippen LogP contribution in [-0.4, -0.2) is 37.1 Å². The third-order valence-electron chi connectivity index (χ3n) is 4.11. The Morgan fingerprint density at radius 2 is 2.10 bits per heavy atom. The third kappa shape index (κ3) is 2.53. The molecule has 2 heterocycles. The molecule has 0 spiro atoms. The van der Waals surface area contributed by atoms with Gasteiger partial charge in [-0.15, -0.1) is 0 Å². The van der Waals surface area contributed by atoms with Crippen LogP contribution in [0, 0.1) is 5.92 Å². The Labute approximate surface area is 124 Å². The fraction of sp³-hybridized carbons (Fsp3) is 0.500. The minimum atomic E-state index is -0.907. The highest BCUT2D eigenvalue weighted by Gasteiger charge is 2.40. The standard InChI is InChI=1S/C16H20N2O3/c1-16(2)15(20)18(9-11-7-8-21-10-11)13-6-4-3-5-12(13)14(19)17-16/h3-6,11H,7-10H2,1-2H3,(H,17,19). The van der Waals surface area contributed by atoms with E-state index < -0.39 is 5.54 Å². The molecule has 2 amide bonds. The van der Waals surface area contributed by atoms with E-state index in [-0.39, 0.29) is 11.8 Å². The molecule has 0 saturated carbocycles. The summed E-state index contributed by atoms with van der Waals surface area (Å²) < 4.78 is 5.41. The number of nitrogens with one attached hydrogen (secondary N) is 1. The van der Waals surface area contributed by atoms with Crippen LogP contribution < -0.4 is 10.2 Å². The van der Waals surface area contributed by atoms with Crippen LogP contribution in [0.4, 0.5) is 5.69 Å². The van der Waals surface area contributed by atoms with E-state index in [1.807, 2.05) is 18.2 Å². The van der Waals surface area contributed by atoms with Gasteiger partial charge in [0.1, 0.15) is 5.54 Å². The molecule has 0 aliphatic carbocycles. The summed E-state index contributed by atoms with van der Waals surface area (Å²) in [5.41, 5.74) is 0.336. The van der Waals surface area contributed by atoms with Gasteiger partial charge in [-0.3, -0.25) is 9.59 Å². The number of para-hydroxylation sites is 1. The van der Waals surface area contributed by atoms with Crippen molar-refractivity contribution >= 4 is 17.5 Å². The van der Waals surface area contributed by atoms with Crippen LogP contribution in [0.3, 0.4) is 0 Å². The first-order chi connectivity index (χ1) is 9.99. The zero-order valence-electron chi connectivity index (χ0n) is 12.4. The van der Waals surface area contributed by atoms with Crippen LogP contribution in [-0.2, 0) is 9.53 Å². The Kier molecular flexibility index (Phi) is 3.45. The number of anilines is 1. The van der Waals surface area contributed by atoms with Gasteiger partial charge in [0.25, 0.3) is 11.8 Å². The molecule has 1 N–H and O–H groups in total. The molecule has 5 heteroatoms. The zero-order chi connectivity index (χ0) is 15.0. The number of hydrogen-bond acceptors (Lipinski definition) is 3. The van der Waals surface area contributed by atoms with Gasteiger partial charge < -0.3 is 15.0 Å². The molecule has 1 atom stereocenters. The normalized spacial score (nSPS) is 24.5. The van der Waals surface area contributed by atoms with Gasteiger partial charge in [-0.05, 0) is 32.4 Å². The minimum absolute atomic E-state index is 0.0762. The molecule has 1 saturated heterocycles. The number of benzene rings is 1. The van der Waals surface area contributed by atoms with Gasteiger partial charge in [-0.25, -0.2) is 0 Å². The lowest BCUT2D eigenvalue weighted by Crippen LogP contribution is -2.54. The van der Waals surface area contributed by atoms with Crippen LogP contribution in [0.25, 0.3) is 0 Å². The maximum atomic E-state index is 12.8. The largest absolute Gasteiger partial charge is 0.381 e. The Bertz CT molecular complexity index is 577. The molecule has 0 bridgehead atoms. The SMILES string of the molecule is CC1(C)NC(=O)c2ccccc2N(CC2CCOC2)C1=O. The van der Waals surface area contributed by atoms with Crippen LogP contribution in [0.15, 0.2) is 24.3 Å². The van der Waals surface area contributed by atoms with Crippen LogP contribution in [0.2, 0.25) is 0 Å². The average Bonchev–Trinajstić information content (AvgIpc) is 2.94. The smallest absolute Gasteiger partial charge is 0.254 e. The topological polar surface area (TPSA) is 58.6 Å². The lowest BCUT2D eigenvalue weighted by atomic mass is 10.0. The molecular weight excluding hydrogens is 268 g/mol. The molecule has 21 heavy (non-hydrogen) atoms. The van der Waals surface area contributed by atoms with Crippen molar-refractivity contribution in [1.82, 2.24) is 5.32 Å². The molecule has 3 rings (SSSR count). The van der Waals surface area contributed by atoms with Crippen molar-refractivity contribution in [3.8, 4) is 0 Å². The summed E-state index contributed by atoms with van der Waals surface area (Å²) >= 11 is 0. The van der Waals surface area contributed by atoms with Crippen LogP contribution in [0.5, 0.6) is 0 Å². The Hall–Kier alpha value is -1.88. The number of carbonyl (C=O) groups is 2. The van der Waals surface area contributed by atoms with E-state index in [0.29, 0.717) is 30.3 Å². The fourth-order valence-corrected chi connectivity index (χ4v) is 2.92. The number of carbonyl (C=O) groups excluding carboxylic acids is 2. The molecule has 0 radical (unpaired) electrons. The second-order valence-corrected chi connectivity index (χ2v) is 6.24. The van der Waals surface area contributed by atoms with E-state index in [4.69, 9.17) is 4.74 Å². The van der Waals surface area contributed by atoms with Gasteiger partial charge in [0.05, 0.1) is 17.9 Å². The van der Waals surface area contributed by atoms with Gasteiger partial charge >= 0.3 is 0 Å². The third-order valence-corrected chi connectivity index (χ3v) is 4.11. The molecule has 1 fully saturated rings. The molecule has 0 aromatic heterocycles. The van der Waals surface area contributed by atoms with Crippen molar-refractivity contribution in [3.05, 3.63) is 29.8 Å². The first-order valence-electron chi connectivity index (χ1n) is 7.30. The van der Waals surface area contributed by atoms with Gasteiger partial charge in [-0.1, -0.05) is 12.1 Å². The molecule has 5 nitrogen and oxygen atoms in total. The van der Waals surface area contributed by atoms with E-state index in [0.717, 1.165) is 13.0 Å². The molecule has 1 unspecified atom stereocenters. The first-order valence-corrected chi connectivity index (χ1v) is 7.30. The molecule has 2 aliphatic rings.